The van der Waals surface area contributed by atoms with Crippen LogP contribution in [0.3, 0.4) is 0 Å². The quantitative estimate of drug-likeness (QED) is 0.654. The van der Waals surface area contributed by atoms with Gasteiger partial charge < -0.3 is 13.9 Å². The number of rotatable bonds is 9. The fourth-order valence-electron chi connectivity index (χ4n) is 1.35. The van der Waals surface area contributed by atoms with Crippen molar-refractivity contribution in [2.45, 2.75) is 33.6 Å². The Bertz CT molecular complexity index is 270. The highest BCUT2D eigenvalue weighted by Gasteiger charge is 2.17. The lowest BCUT2D eigenvalue weighted by Gasteiger charge is -2.23. The molecule has 0 aromatic heterocycles. The summed E-state index contributed by atoms with van der Waals surface area (Å²) in [6.45, 7) is 4.89. The largest absolute Gasteiger partial charge is 0.341 e. The molecule has 2 N–H and O–H groups in total. The highest BCUT2D eigenvalue weighted by molar-refractivity contribution is 8.08. The lowest BCUT2D eigenvalue weighted by molar-refractivity contribution is -0.133. The van der Waals surface area contributed by atoms with Gasteiger partial charge in [-0.3, -0.25) is 10.3 Å². The molecule has 0 heterocycles. The zero-order valence-electron chi connectivity index (χ0n) is 10.8. The molecule has 0 radical (unpaired) electrons. The minimum atomic E-state index is -2.74. The fourth-order valence-corrected chi connectivity index (χ4v) is 2.55. The van der Waals surface area contributed by atoms with Crippen molar-refractivity contribution in [3.8, 4) is 0 Å². The van der Waals surface area contributed by atoms with Crippen LogP contribution >= 0.6 is 6.64 Å². The number of hydrogen-bond donors (Lipinski definition) is 1. The zero-order valence-corrected chi connectivity index (χ0v) is 12.6. The van der Waals surface area contributed by atoms with Crippen LogP contribution in [0.4, 0.5) is 0 Å². The SMILES string of the molecule is CCCN(CCC)C(=O)COP(N)(=S)OCC. The number of carbonyl (C=O) groups is 1. The first-order chi connectivity index (χ1) is 7.96. The molecule has 5 nitrogen and oxygen atoms in total. The van der Waals surface area contributed by atoms with E-state index < -0.39 is 6.64 Å². The molecule has 1 amide bonds. The molecule has 0 aliphatic carbocycles. The molecular weight excluding hydrogens is 259 g/mol. The molecule has 0 aromatic rings. The molecule has 0 aliphatic rings. The van der Waals surface area contributed by atoms with Crippen LogP contribution in [0.1, 0.15) is 33.6 Å². The van der Waals surface area contributed by atoms with Crippen molar-refractivity contribution in [3.05, 3.63) is 0 Å². The normalized spacial score (nSPS) is 14.4. The second kappa shape index (κ2) is 9.00. The van der Waals surface area contributed by atoms with E-state index in [-0.39, 0.29) is 12.5 Å². The summed E-state index contributed by atoms with van der Waals surface area (Å²) in [7, 11) is 0. The Hall–Kier alpha value is -0.0000000000000000763. The van der Waals surface area contributed by atoms with Gasteiger partial charge in [0.25, 0.3) is 6.64 Å². The molecule has 0 aromatic carbocycles. The predicted molar refractivity (Wildman–Crippen MR) is 73.2 cm³/mol. The molecule has 0 aliphatic heterocycles. The molecule has 0 fully saturated rings. The van der Waals surface area contributed by atoms with Crippen LogP contribution < -0.4 is 5.50 Å². The van der Waals surface area contributed by atoms with E-state index in [0.717, 1.165) is 25.9 Å². The molecule has 0 saturated carbocycles. The number of amides is 1. The minimum Gasteiger partial charge on any atom is -0.341 e. The van der Waals surface area contributed by atoms with Crippen molar-refractivity contribution in [2.75, 3.05) is 26.3 Å². The molecule has 1 atom stereocenters. The van der Waals surface area contributed by atoms with E-state index in [2.05, 4.69) is 0 Å². The van der Waals surface area contributed by atoms with Crippen molar-refractivity contribution in [2.24, 2.45) is 5.50 Å². The first-order valence-electron chi connectivity index (χ1n) is 5.92. The summed E-state index contributed by atoms with van der Waals surface area (Å²) >= 11 is 4.95. The summed E-state index contributed by atoms with van der Waals surface area (Å²) in [5, 5.41) is 0. The van der Waals surface area contributed by atoms with Crippen LogP contribution in [0.2, 0.25) is 0 Å². The van der Waals surface area contributed by atoms with Crippen LogP contribution in [-0.2, 0) is 25.6 Å². The van der Waals surface area contributed by atoms with E-state index in [1.807, 2.05) is 13.8 Å². The number of carbonyl (C=O) groups excluding carboxylic acids is 1. The van der Waals surface area contributed by atoms with Crippen LogP contribution in [0, 0.1) is 0 Å². The summed E-state index contributed by atoms with van der Waals surface area (Å²) < 4.78 is 10.3. The maximum Gasteiger partial charge on any atom is 0.258 e. The van der Waals surface area contributed by atoms with Gasteiger partial charge in [-0.2, -0.15) is 0 Å². The average molecular weight is 282 g/mol. The van der Waals surface area contributed by atoms with Crippen LogP contribution in [0.15, 0.2) is 0 Å². The second-order valence-electron chi connectivity index (χ2n) is 3.61. The third-order valence-corrected chi connectivity index (χ3v) is 3.76. The first-order valence-corrected chi connectivity index (χ1v) is 8.63. The molecule has 0 saturated heterocycles. The van der Waals surface area contributed by atoms with Gasteiger partial charge in [-0.05, 0) is 31.6 Å². The van der Waals surface area contributed by atoms with Crippen LogP contribution in [0.25, 0.3) is 0 Å². The third-order valence-electron chi connectivity index (χ3n) is 2.02. The van der Waals surface area contributed by atoms with Crippen molar-refractivity contribution >= 4 is 24.4 Å². The fraction of sp³-hybridized carbons (Fsp3) is 0.900. The van der Waals surface area contributed by atoms with E-state index in [0.29, 0.717) is 6.61 Å². The van der Waals surface area contributed by atoms with Crippen molar-refractivity contribution in [1.82, 2.24) is 4.90 Å². The van der Waals surface area contributed by atoms with E-state index in [1.165, 1.54) is 0 Å². The van der Waals surface area contributed by atoms with Gasteiger partial charge in [-0.15, -0.1) is 0 Å². The summed E-state index contributed by atoms with van der Waals surface area (Å²) in [5.74, 6) is -0.0759. The summed E-state index contributed by atoms with van der Waals surface area (Å²) in [4.78, 5) is 13.6. The second-order valence-corrected chi connectivity index (χ2v) is 6.73. The lowest BCUT2D eigenvalue weighted by atomic mass is 10.3. The number of hydrogen-bond acceptors (Lipinski definition) is 4. The molecule has 102 valence electrons. The van der Waals surface area contributed by atoms with Gasteiger partial charge in [0, 0.05) is 13.1 Å². The van der Waals surface area contributed by atoms with E-state index >= 15 is 0 Å². The minimum absolute atomic E-state index is 0.0759. The predicted octanol–water partition coefficient (Wildman–Crippen LogP) is 1.87. The van der Waals surface area contributed by atoms with Gasteiger partial charge in [0.1, 0.15) is 6.61 Å². The number of nitrogens with two attached hydrogens (primary N) is 1. The van der Waals surface area contributed by atoms with Crippen molar-refractivity contribution in [1.29, 1.82) is 0 Å². The van der Waals surface area contributed by atoms with Crippen molar-refractivity contribution < 1.29 is 13.8 Å². The number of nitrogens with zero attached hydrogens (tertiary/aromatic N) is 1. The lowest BCUT2D eigenvalue weighted by Crippen LogP contribution is -2.35. The average Bonchev–Trinajstić information content (AvgIpc) is 2.26. The van der Waals surface area contributed by atoms with Gasteiger partial charge in [-0.25, -0.2) is 0 Å². The Morgan fingerprint density at radius 3 is 2.18 bits per heavy atom. The summed E-state index contributed by atoms with van der Waals surface area (Å²) in [6, 6.07) is 0. The summed E-state index contributed by atoms with van der Waals surface area (Å²) in [6.07, 6.45) is 1.85. The van der Waals surface area contributed by atoms with E-state index in [9.17, 15) is 4.79 Å². The highest BCUT2D eigenvalue weighted by Crippen LogP contribution is 2.38. The third kappa shape index (κ3) is 7.84. The molecular formula is C10H23N2O3PS. The Morgan fingerprint density at radius 1 is 1.24 bits per heavy atom. The first kappa shape index (κ1) is 17.0. The van der Waals surface area contributed by atoms with Crippen LogP contribution in [0.5, 0.6) is 0 Å². The Labute approximate surface area is 109 Å². The maximum atomic E-state index is 11.8. The van der Waals surface area contributed by atoms with E-state index in [4.69, 9.17) is 26.4 Å². The molecule has 0 bridgehead atoms. The Morgan fingerprint density at radius 2 is 1.76 bits per heavy atom. The van der Waals surface area contributed by atoms with Gasteiger partial charge >= 0.3 is 0 Å². The van der Waals surface area contributed by atoms with Crippen molar-refractivity contribution in [3.63, 3.8) is 0 Å². The molecule has 17 heavy (non-hydrogen) atoms. The maximum absolute atomic E-state index is 11.8. The van der Waals surface area contributed by atoms with Gasteiger partial charge in [0.15, 0.2) is 0 Å². The van der Waals surface area contributed by atoms with Gasteiger partial charge in [-0.1, -0.05) is 13.8 Å². The Balaban J connectivity index is 4.17. The Kier molecular flexibility index (Phi) is 9.00. The highest BCUT2D eigenvalue weighted by atomic mass is 32.5. The topological polar surface area (TPSA) is 64.8 Å². The molecule has 0 spiro atoms. The summed E-state index contributed by atoms with van der Waals surface area (Å²) in [5.41, 5.74) is 5.63. The van der Waals surface area contributed by atoms with Gasteiger partial charge in [0.2, 0.25) is 5.91 Å². The zero-order chi connectivity index (χ0) is 13.3. The molecule has 0 rings (SSSR count). The molecule has 1 unspecified atom stereocenters. The van der Waals surface area contributed by atoms with Crippen LogP contribution in [-0.4, -0.2) is 37.1 Å². The van der Waals surface area contributed by atoms with Gasteiger partial charge in [0.05, 0.1) is 6.61 Å². The standard InChI is InChI=1S/C10H23N2O3PS/c1-4-7-12(8-5-2)10(13)9-15-16(11,17)14-6-3/h4-9H2,1-3H3,(H2,11,17). The monoisotopic (exact) mass is 282 g/mol. The van der Waals surface area contributed by atoms with E-state index in [1.54, 1.807) is 11.8 Å². The smallest absolute Gasteiger partial charge is 0.258 e. The molecule has 7 heteroatoms.